The van der Waals surface area contributed by atoms with Gasteiger partial charge in [0.25, 0.3) is 0 Å². The van der Waals surface area contributed by atoms with Crippen molar-refractivity contribution in [2.75, 3.05) is 26.2 Å². The number of carbonyl (C=O) groups excluding carboxylic acids is 3. The zero-order valence-electron chi connectivity index (χ0n) is 14.0. The van der Waals surface area contributed by atoms with Crippen LogP contribution in [0.1, 0.15) is 25.3 Å². The lowest BCUT2D eigenvalue weighted by Crippen LogP contribution is -2.60. The Morgan fingerprint density at radius 1 is 1.12 bits per heavy atom. The summed E-state index contributed by atoms with van der Waals surface area (Å²) in [5.41, 5.74) is 0.993. The average Bonchev–Trinajstić information content (AvgIpc) is 3.12. The van der Waals surface area contributed by atoms with Crippen molar-refractivity contribution in [3.8, 4) is 0 Å². The third-order valence-electron chi connectivity index (χ3n) is 4.76. The van der Waals surface area contributed by atoms with Gasteiger partial charge in [0.15, 0.2) is 0 Å². The van der Waals surface area contributed by atoms with Crippen molar-refractivity contribution in [1.29, 1.82) is 0 Å². The van der Waals surface area contributed by atoms with Crippen molar-refractivity contribution < 1.29 is 14.4 Å². The van der Waals surface area contributed by atoms with Gasteiger partial charge in [-0.2, -0.15) is 0 Å². The number of carbonyl (C=O) groups is 3. The molecule has 0 radical (unpaired) electrons. The van der Waals surface area contributed by atoms with Gasteiger partial charge in [-0.1, -0.05) is 30.3 Å². The molecule has 2 aliphatic rings. The van der Waals surface area contributed by atoms with Gasteiger partial charge in [0.1, 0.15) is 19.1 Å². The quantitative estimate of drug-likeness (QED) is 0.823. The highest BCUT2D eigenvalue weighted by Gasteiger charge is 2.38. The first-order valence-corrected chi connectivity index (χ1v) is 8.46. The van der Waals surface area contributed by atoms with Gasteiger partial charge in [0, 0.05) is 19.6 Å². The van der Waals surface area contributed by atoms with Crippen molar-refractivity contribution in [3.05, 3.63) is 35.9 Å². The number of benzene rings is 1. The Balaban J connectivity index is 1.64. The monoisotopic (exact) mass is 329 g/mol. The minimum atomic E-state index is -0.596. The number of hydrogen-bond donors (Lipinski definition) is 0. The van der Waals surface area contributed by atoms with Crippen LogP contribution in [-0.2, 0) is 20.9 Å². The Kier molecular flexibility index (Phi) is 4.83. The highest BCUT2D eigenvalue weighted by atomic mass is 16.2. The molecular weight excluding hydrogens is 306 g/mol. The molecule has 128 valence electrons. The largest absolute Gasteiger partial charge is 0.341 e. The molecule has 0 N–H and O–H groups in total. The summed E-state index contributed by atoms with van der Waals surface area (Å²) in [6.07, 6.45) is 2.03. The van der Waals surface area contributed by atoms with Gasteiger partial charge in [0.2, 0.25) is 17.7 Å². The molecule has 0 bridgehead atoms. The molecule has 2 heterocycles. The van der Waals surface area contributed by atoms with Crippen LogP contribution in [0.2, 0.25) is 0 Å². The number of amides is 3. The van der Waals surface area contributed by atoms with E-state index in [9.17, 15) is 14.4 Å². The summed E-state index contributed by atoms with van der Waals surface area (Å²) in [7, 11) is 0. The zero-order valence-corrected chi connectivity index (χ0v) is 14.0. The van der Waals surface area contributed by atoms with Gasteiger partial charge in [-0.25, -0.2) is 0 Å². The minimum absolute atomic E-state index is 0.00488. The lowest BCUT2D eigenvalue weighted by molar-refractivity contribution is -0.158. The molecule has 0 spiro atoms. The predicted octanol–water partition coefficient (Wildman–Crippen LogP) is 0.868. The number of hydrogen-bond acceptors (Lipinski definition) is 3. The van der Waals surface area contributed by atoms with E-state index in [-0.39, 0.29) is 30.8 Å². The molecule has 2 saturated heterocycles. The van der Waals surface area contributed by atoms with E-state index in [1.807, 2.05) is 30.3 Å². The first-order chi connectivity index (χ1) is 11.6. The van der Waals surface area contributed by atoms with Crippen LogP contribution in [0.15, 0.2) is 30.3 Å². The molecule has 24 heavy (non-hydrogen) atoms. The molecule has 1 aromatic rings. The van der Waals surface area contributed by atoms with E-state index in [1.165, 1.54) is 4.90 Å². The molecule has 0 saturated carbocycles. The zero-order chi connectivity index (χ0) is 17.1. The Labute approximate surface area is 142 Å². The Bertz CT molecular complexity index is 626. The number of rotatable bonds is 4. The van der Waals surface area contributed by atoms with Crippen LogP contribution < -0.4 is 0 Å². The minimum Gasteiger partial charge on any atom is -0.341 e. The van der Waals surface area contributed by atoms with E-state index >= 15 is 0 Å². The van der Waals surface area contributed by atoms with Gasteiger partial charge >= 0.3 is 0 Å². The van der Waals surface area contributed by atoms with E-state index in [1.54, 1.807) is 16.7 Å². The number of piperazine rings is 1. The third-order valence-corrected chi connectivity index (χ3v) is 4.76. The van der Waals surface area contributed by atoms with E-state index in [4.69, 9.17) is 0 Å². The number of nitrogens with zero attached hydrogens (tertiary/aromatic N) is 3. The Morgan fingerprint density at radius 3 is 2.46 bits per heavy atom. The molecule has 1 atom stereocenters. The van der Waals surface area contributed by atoms with Gasteiger partial charge in [-0.15, -0.1) is 0 Å². The van der Waals surface area contributed by atoms with E-state index in [2.05, 4.69) is 0 Å². The normalized spacial score (nSPS) is 21.5. The summed E-state index contributed by atoms with van der Waals surface area (Å²) in [5, 5.41) is 0. The van der Waals surface area contributed by atoms with Gasteiger partial charge in [-0.3, -0.25) is 14.4 Å². The van der Waals surface area contributed by atoms with Gasteiger partial charge in [0.05, 0.1) is 0 Å². The smallest absolute Gasteiger partial charge is 0.245 e. The second-order valence-electron chi connectivity index (χ2n) is 6.47. The maximum absolute atomic E-state index is 12.6. The SMILES string of the molecule is C[C@H]1C(=O)N(Cc2ccccc2)CC(=O)N1CC(=O)N1CCCC1. The molecular formula is C18H23N3O3. The van der Waals surface area contributed by atoms with Crippen molar-refractivity contribution in [2.24, 2.45) is 0 Å². The highest BCUT2D eigenvalue weighted by Crippen LogP contribution is 2.17. The standard InChI is InChI=1S/C18H23N3O3/c1-14-18(24)20(11-15-7-3-2-4-8-15)12-17(23)21(14)13-16(22)19-9-5-6-10-19/h2-4,7-8,14H,5-6,9-13H2,1H3/t14-/m0/s1. The summed E-state index contributed by atoms with van der Waals surface area (Å²) in [4.78, 5) is 42.1. The van der Waals surface area contributed by atoms with E-state index < -0.39 is 6.04 Å². The summed E-state index contributed by atoms with van der Waals surface area (Å²) >= 11 is 0. The Morgan fingerprint density at radius 2 is 1.79 bits per heavy atom. The maximum Gasteiger partial charge on any atom is 0.245 e. The molecule has 3 rings (SSSR count). The average molecular weight is 329 g/mol. The Hall–Kier alpha value is -2.37. The molecule has 1 aromatic carbocycles. The molecule has 6 nitrogen and oxygen atoms in total. The molecule has 0 unspecified atom stereocenters. The summed E-state index contributed by atoms with van der Waals surface area (Å²) in [6, 6.07) is 9.02. The first kappa shape index (κ1) is 16.5. The van der Waals surface area contributed by atoms with Crippen LogP contribution in [0.4, 0.5) is 0 Å². The topological polar surface area (TPSA) is 60.9 Å². The van der Waals surface area contributed by atoms with Crippen molar-refractivity contribution in [3.63, 3.8) is 0 Å². The predicted molar refractivity (Wildman–Crippen MR) is 88.8 cm³/mol. The van der Waals surface area contributed by atoms with Crippen LogP contribution in [-0.4, -0.2) is 64.6 Å². The highest BCUT2D eigenvalue weighted by molar-refractivity contribution is 5.96. The fourth-order valence-corrected chi connectivity index (χ4v) is 3.32. The van der Waals surface area contributed by atoms with Crippen LogP contribution in [0.5, 0.6) is 0 Å². The van der Waals surface area contributed by atoms with Crippen molar-refractivity contribution >= 4 is 17.7 Å². The van der Waals surface area contributed by atoms with E-state index in [0.29, 0.717) is 6.54 Å². The summed E-state index contributed by atoms with van der Waals surface area (Å²) in [5.74, 6) is -0.324. The molecule has 0 aromatic heterocycles. The second-order valence-corrected chi connectivity index (χ2v) is 6.47. The molecule has 6 heteroatoms. The third kappa shape index (κ3) is 3.42. The second kappa shape index (κ2) is 7.03. The molecule has 2 aliphatic heterocycles. The fraction of sp³-hybridized carbons (Fsp3) is 0.500. The molecule has 2 fully saturated rings. The van der Waals surface area contributed by atoms with Crippen LogP contribution in [0.25, 0.3) is 0 Å². The van der Waals surface area contributed by atoms with Crippen molar-refractivity contribution in [1.82, 2.24) is 14.7 Å². The summed E-state index contributed by atoms with van der Waals surface area (Å²) < 4.78 is 0. The van der Waals surface area contributed by atoms with Crippen LogP contribution >= 0.6 is 0 Å². The van der Waals surface area contributed by atoms with E-state index in [0.717, 1.165) is 31.5 Å². The lowest BCUT2D eigenvalue weighted by Gasteiger charge is -2.39. The number of likely N-dealkylation sites (tertiary alicyclic amines) is 1. The molecule has 0 aliphatic carbocycles. The van der Waals surface area contributed by atoms with Gasteiger partial charge in [-0.05, 0) is 25.3 Å². The first-order valence-electron chi connectivity index (χ1n) is 8.46. The lowest BCUT2D eigenvalue weighted by atomic mass is 10.1. The van der Waals surface area contributed by atoms with Crippen LogP contribution in [0.3, 0.4) is 0 Å². The van der Waals surface area contributed by atoms with Crippen LogP contribution in [0, 0.1) is 0 Å². The van der Waals surface area contributed by atoms with Crippen molar-refractivity contribution in [2.45, 2.75) is 32.4 Å². The maximum atomic E-state index is 12.6. The fourth-order valence-electron chi connectivity index (χ4n) is 3.32. The summed E-state index contributed by atoms with van der Waals surface area (Å²) in [6.45, 7) is 3.67. The molecule has 3 amide bonds. The van der Waals surface area contributed by atoms with Gasteiger partial charge < -0.3 is 14.7 Å².